The van der Waals surface area contributed by atoms with E-state index in [-0.39, 0.29) is 17.9 Å². The maximum Gasteiger partial charge on any atom is 0.318 e. The highest BCUT2D eigenvalue weighted by Gasteiger charge is 2.30. The van der Waals surface area contributed by atoms with Gasteiger partial charge in [0, 0.05) is 18.4 Å². The molecule has 1 aliphatic rings. The lowest BCUT2D eigenvalue weighted by molar-refractivity contribution is 0.167. The molecule has 0 bridgehead atoms. The van der Waals surface area contributed by atoms with Gasteiger partial charge in [0.1, 0.15) is 5.82 Å². The highest BCUT2D eigenvalue weighted by Crippen LogP contribution is 2.33. The lowest BCUT2D eigenvalue weighted by Crippen LogP contribution is -2.41. The fourth-order valence-corrected chi connectivity index (χ4v) is 3.74. The van der Waals surface area contributed by atoms with Crippen molar-refractivity contribution < 1.29 is 9.18 Å². The zero-order chi connectivity index (χ0) is 18.8. The number of para-hydroxylation sites is 1. The van der Waals surface area contributed by atoms with Gasteiger partial charge >= 0.3 is 6.03 Å². The topological polar surface area (TPSA) is 37.3 Å². The van der Waals surface area contributed by atoms with Crippen LogP contribution in [0.5, 0.6) is 0 Å². The van der Waals surface area contributed by atoms with Crippen molar-refractivity contribution in [3.63, 3.8) is 0 Å². The van der Waals surface area contributed by atoms with E-state index in [1.165, 1.54) is 12.1 Å². The second kappa shape index (κ2) is 7.27. The normalized spacial score (nSPS) is 15.6. The van der Waals surface area contributed by atoms with Crippen molar-refractivity contribution in [1.82, 2.24) is 14.8 Å². The summed E-state index contributed by atoms with van der Waals surface area (Å²) >= 11 is 0. The maximum absolute atomic E-state index is 13.1. The molecular formula is C22H22FN3O. The van der Waals surface area contributed by atoms with Gasteiger partial charge in [-0.2, -0.15) is 0 Å². The van der Waals surface area contributed by atoms with Crippen molar-refractivity contribution in [3.05, 3.63) is 89.5 Å². The molecule has 0 saturated carbocycles. The molecule has 1 N–H and O–H groups in total. The van der Waals surface area contributed by atoms with E-state index >= 15 is 0 Å². The summed E-state index contributed by atoms with van der Waals surface area (Å²) in [5.41, 5.74) is 4.21. The number of hydrogen-bond acceptors (Lipinski definition) is 1. The zero-order valence-corrected chi connectivity index (χ0v) is 15.2. The molecule has 3 aromatic rings. The zero-order valence-electron chi connectivity index (χ0n) is 15.2. The van der Waals surface area contributed by atoms with Crippen molar-refractivity contribution >= 4 is 6.03 Å². The summed E-state index contributed by atoms with van der Waals surface area (Å²) in [7, 11) is 0. The number of urea groups is 1. The number of carbonyl (C=O) groups is 1. The molecule has 0 radical (unpaired) electrons. The Morgan fingerprint density at radius 1 is 1.11 bits per heavy atom. The third kappa shape index (κ3) is 3.33. The first-order valence-electron chi connectivity index (χ1n) is 9.22. The number of amides is 2. The molecule has 27 heavy (non-hydrogen) atoms. The van der Waals surface area contributed by atoms with Gasteiger partial charge in [-0.15, -0.1) is 0 Å². The van der Waals surface area contributed by atoms with Gasteiger partial charge in [-0.25, -0.2) is 9.18 Å². The Kier molecular flexibility index (Phi) is 4.67. The third-order valence-corrected chi connectivity index (χ3v) is 5.09. The van der Waals surface area contributed by atoms with Crippen LogP contribution < -0.4 is 5.32 Å². The molecule has 138 valence electrons. The molecule has 4 nitrogen and oxygen atoms in total. The number of carbonyl (C=O) groups excluding carboxylic acids is 1. The standard InChI is InChI=1S/C22H22FN3O/c1-2-19-21-8-5-13-25(21)20-7-4-3-6-17(20)15-26(19)22(27)24-14-16-9-11-18(23)12-10-16/h3-13,19H,2,14-15H2,1H3,(H,24,27)/t19-/m0/s1. The van der Waals surface area contributed by atoms with Crippen molar-refractivity contribution in [3.8, 4) is 5.69 Å². The Morgan fingerprint density at radius 3 is 2.67 bits per heavy atom. The fourth-order valence-electron chi connectivity index (χ4n) is 3.74. The molecule has 5 heteroatoms. The molecule has 1 aromatic heterocycles. The number of nitrogens with one attached hydrogen (secondary N) is 1. The van der Waals surface area contributed by atoms with Crippen molar-refractivity contribution in [2.45, 2.75) is 32.5 Å². The van der Waals surface area contributed by atoms with Crippen LogP contribution in [0.4, 0.5) is 9.18 Å². The maximum atomic E-state index is 13.1. The largest absolute Gasteiger partial charge is 0.334 e. The van der Waals surface area contributed by atoms with Crippen molar-refractivity contribution in [2.24, 2.45) is 0 Å². The van der Waals surface area contributed by atoms with Gasteiger partial charge in [0.2, 0.25) is 0 Å². The van der Waals surface area contributed by atoms with Crippen LogP contribution in [0.15, 0.2) is 66.9 Å². The lowest BCUT2D eigenvalue weighted by atomic mass is 10.1. The molecule has 0 spiro atoms. The van der Waals surface area contributed by atoms with E-state index in [1.807, 2.05) is 23.1 Å². The molecule has 0 aliphatic carbocycles. The first-order valence-corrected chi connectivity index (χ1v) is 9.22. The average molecular weight is 363 g/mol. The number of hydrogen-bond donors (Lipinski definition) is 1. The molecule has 1 atom stereocenters. The summed E-state index contributed by atoms with van der Waals surface area (Å²) in [6.45, 7) is 3.01. The first kappa shape index (κ1) is 17.3. The van der Waals surface area contributed by atoms with Crippen LogP contribution in [0.2, 0.25) is 0 Å². The molecule has 0 unspecified atom stereocenters. The van der Waals surface area contributed by atoms with E-state index in [4.69, 9.17) is 0 Å². The molecule has 2 aromatic carbocycles. The smallest absolute Gasteiger partial charge is 0.318 e. The predicted octanol–water partition coefficient (Wildman–Crippen LogP) is 4.79. The summed E-state index contributed by atoms with van der Waals surface area (Å²) in [6, 6.07) is 18.4. The second-order valence-corrected chi connectivity index (χ2v) is 6.77. The number of benzene rings is 2. The fraction of sp³-hybridized carbons (Fsp3) is 0.227. The predicted molar refractivity (Wildman–Crippen MR) is 103 cm³/mol. The van der Waals surface area contributed by atoms with Crippen molar-refractivity contribution in [1.29, 1.82) is 0 Å². The number of halogens is 1. The highest BCUT2D eigenvalue weighted by molar-refractivity contribution is 5.75. The Balaban J connectivity index is 1.61. The first-order chi connectivity index (χ1) is 13.2. The van der Waals surface area contributed by atoms with Crippen molar-refractivity contribution in [2.75, 3.05) is 0 Å². The molecule has 2 heterocycles. The van der Waals surface area contributed by atoms with E-state index in [2.05, 4.69) is 41.2 Å². The minimum absolute atomic E-state index is 0.0133. The number of fused-ring (bicyclic) bond motifs is 3. The van der Waals surface area contributed by atoms with Crippen LogP contribution >= 0.6 is 0 Å². The summed E-state index contributed by atoms with van der Waals surface area (Å²) in [4.78, 5) is 14.9. The SMILES string of the molecule is CC[C@H]1c2cccn2-c2ccccc2CN1C(=O)NCc1ccc(F)cc1. The highest BCUT2D eigenvalue weighted by atomic mass is 19.1. The van der Waals surface area contributed by atoms with Crippen LogP contribution in [0, 0.1) is 5.82 Å². The van der Waals surface area contributed by atoms with Crippen LogP contribution in [0.1, 0.15) is 36.2 Å². The van der Waals surface area contributed by atoms with E-state index in [9.17, 15) is 9.18 Å². The Hall–Kier alpha value is -3.08. The molecule has 2 amide bonds. The molecule has 0 saturated heterocycles. The van der Waals surface area contributed by atoms with Gasteiger partial charge in [-0.3, -0.25) is 0 Å². The van der Waals surface area contributed by atoms with Gasteiger partial charge in [0.25, 0.3) is 0 Å². The van der Waals surface area contributed by atoms with E-state index < -0.39 is 0 Å². The minimum Gasteiger partial charge on any atom is -0.334 e. The Bertz CT molecular complexity index is 948. The van der Waals surface area contributed by atoms with E-state index in [1.54, 1.807) is 12.1 Å². The summed E-state index contributed by atoms with van der Waals surface area (Å²) in [5, 5.41) is 2.99. The van der Waals surface area contributed by atoms with E-state index in [0.29, 0.717) is 13.1 Å². The number of nitrogens with zero attached hydrogens (tertiary/aromatic N) is 2. The quantitative estimate of drug-likeness (QED) is 0.713. The molecule has 4 rings (SSSR count). The van der Waals surface area contributed by atoms with Crippen LogP contribution in [-0.2, 0) is 13.1 Å². The molecule has 0 fully saturated rings. The average Bonchev–Trinajstić information content (AvgIpc) is 3.12. The minimum atomic E-state index is -0.277. The summed E-state index contributed by atoms with van der Waals surface area (Å²) in [5.74, 6) is -0.277. The number of rotatable bonds is 3. The van der Waals surface area contributed by atoms with Gasteiger partial charge < -0.3 is 14.8 Å². The third-order valence-electron chi connectivity index (χ3n) is 5.09. The molecule has 1 aliphatic heterocycles. The monoisotopic (exact) mass is 363 g/mol. The van der Waals surface area contributed by atoms with Crippen LogP contribution in [-0.4, -0.2) is 15.5 Å². The number of aromatic nitrogens is 1. The second-order valence-electron chi connectivity index (χ2n) is 6.77. The van der Waals surface area contributed by atoms with Gasteiger partial charge in [0.15, 0.2) is 0 Å². The summed E-state index contributed by atoms with van der Waals surface area (Å²) < 4.78 is 15.2. The van der Waals surface area contributed by atoms with Gasteiger partial charge in [0.05, 0.1) is 18.3 Å². The van der Waals surface area contributed by atoms with Gasteiger partial charge in [-0.05, 0) is 47.9 Å². The molecular weight excluding hydrogens is 341 g/mol. The van der Waals surface area contributed by atoms with Gasteiger partial charge in [-0.1, -0.05) is 37.3 Å². The Morgan fingerprint density at radius 2 is 1.89 bits per heavy atom. The Labute approximate surface area is 158 Å². The van der Waals surface area contributed by atoms with Crippen LogP contribution in [0.25, 0.3) is 5.69 Å². The summed E-state index contributed by atoms with van der Waals surface area (Å²) in [6.07, 6.45) is 2.87. The lowest BCUT2D eigenvalue weighted by Gasteiger charge is -2.29. The van der Waals surface area contributed by atoms with E-state index in [0.717, 1.165) is 28.9 Å². The van der Waals surface area contributed by atoms with Crippen LogP contribution in [0.3, 0.4) is 0 Å².